The van der Waals surface area contributed by atoms with Gasteiger partial charge in [0.05, 0.1) is 0 Å². The molecule has 13 heavy (non-hydrogen) atoms. The molecule has 1 aromatic rings. The highest BCUT2D eigenvalue weighted by molar-refractivity contribution is 5.93. The van der Waals surface area contributed by atoms with Crippen LogP contribution in [0.15, 0.2) is 18.2 Å². The first kappa shape index (κ1) is 8.30. The monoisotopic (exact) mass is 175 g/mol. The van der Waals surface area contributed by atoms with Crippen molar-refractivity contribution in [3.63, 3.8) is 0 Å². The van der Waals surface area contributed by atoms with Crippen LogP contribution in [0.5, 0.6) is 0 Å². The molecule has 0 saturated heterocycles. The van der Waals surface area contributed by atoms with Gasteiger partial charge in [-0.1, -0.05) is 13.0 Å². The van der Waals surface area contributed by atoms with Gasteiger partial charge >= 0.3 is 0 Å². The summed E-state index contributed by atoms with van der Waals surface area (Å²) in [5.41, 5.74) is 8.50. The highest BCUT2D eigenvalue weighted by atomic mass is 16.1. The van der Waals surface area contributed by atoms with Crippen LogP contribution < -0.4 is 5.73 Å². The molecule has 1 unspecified atom stereocenters. The number of benzene rings is 1. The van der Waals surface area contributed by atoms with Gasteiger partial charge < -0.3 is 5.73 Å². The van der Waals surface area contributed by atoms with Crippen molar-refractivity contribution >= 4 is 5.91 Å². The largest absolute Gasteiger partial charge is 0.366 e. The van der Waals surface area contributed by atoms with Crippen LogP contribution in [0.3, 0.4) is 0 Å². The van der Waals surface area contributed by atoms with Gasteiger partial charge in [0.25, 0.3) is 0 Å². The van der Waals surface area contributed by atoms with Crippen molar-refractivity contribution in [3.8, 4) is 0 Å². The van der Waals surface area contributed by atoms with E-state index in [1.54, 1.807) is 0 Å². The van der Waals surface area contributed by atoms with Gasteiger partial charge in [-0.2, -0.15) is 0 Å². The van der Waals surface area contributed by atoms with Crippen LogP contribution in [-0.2, 0) is 12.8 Å². The summed E-state index contributed by atoms with van der Waals surface area (Å²) >= 11 is 0. The summed E-state index contributed by atoms with van der Waals surface area (Å²) in [6.45, 7) is 2.23. The van der Waals surface area contributed by atoms with Crippen molar-refractivity contribution in [1.29, 1.82) is 0 Å². The lowest BCUT2D eigenvalue weighted by molar-refractivity contribution is 0.1000. The van der Waals surface area contributed by atoms with Crippen molar-refractivity contribution < 1.29 is 4.79 Å². The van der Waals surface area contributed by atoms with Gasteiger partial charge in [0, 0.05) is 5.56 Å². The van der Waals surface area contributed by atoms with Gasteiger partial charge in [-0.25, -0.2) is 0 Å². The summed E-state index contributed by atoms with van der Waals surface area (Å²) in [7, 11) is 0. The lowest BCUT2D eigenvalue weighted by atomic mass is 10.1. The molecule has 2 rings (SSSR count). The van der Waals surface area contributed by atoms with Crippen molar-refractivity contribution in [3.05, 3.63) is 34.9 Å². The van der Waals surface area contributed by atoms with Crippen LogP contribution in [0.2, 0.25) is 0 Å². The Labute approximate surface area is 77.8 Å². The average Bonchev–Trinajstić information content (AvgIpc) is 2.42. The third-order valence-corrected chi connectivity index (χ3v) is 2.63. The number of primary amides is 1. The first-order valence-corrected chi connectivity index (χ1v) is 4.58. The van der Waals surface area contributed by atoms with Crippen molar-refractivity contribution in [2.45, 2.75) is 19.8 Å². The molecule has 0 saturated carbocycles. The second kappa shape index (κ2) is 2.87. The summed E-state index contributed by atoms with van der Waals surface area (Å²) in [6, 6.07) is 5.78. The summed E-state index contributed by atoms with van der Waals surface area (Å²) in [5, 5.41) is 0. The van der Waals surface area contributed by atoms with Crippen molar-refractivity contribution in [2.75, 3.05) is 0 Å². The van der Waals surface area contributed by atoms with Gasteiger partial charge in [-0.05, 0) is 42.0 Å². The first-order valence-electron chi connectivity index (χ1n) is 4.58. The molecule has 0 bridgehead atoms. The lowest BCUT2D eigenvalue weighted by Gasteiger charge is -2.00. The molecule has 1 amide bonds. The first-order chi connectivity index (χ1) is 6.16. The fourth-order valence-electron chi connectivity index (χ4n) is 1.99. The second-order valence-electron chi connectivity index (χ2n) is 3.86. The summed E-state index contributed by atoms with van der Waals surface area (Å²) < 4.78 is 0. The SMILES string of the molecule is CC1Cc2ccc(C(N)=O)cc2C1. The molecule has 0 heterocycles. The highest BCUT2D eigenvalue weighted by Gasteiger charge is 2.18. The normalized spacial score (nSPS) is 19.9. The Morgan fingerprint density at radius 2 is 2.08 bits per heavy atom. The maximum atomic E-state index is 10.9. The van der Waals surface area contributed by atoms with Crippen LogP contribution in [0.1, 0.15) is 28.4 Å². The predicted octanol–water partition coefficient (Wildman–Crippen LogP) is 1.52. The smallest absolute Gasteiger partial charge is 0.248 e. The Morgan fingerprint density at radius 1 is 1.38 bits per heavy atom. The highest BCUT2D eigenvalue weighted by Crippen LogP contribution is 2.26. The maximum absolute atomic E-state index is 10.9. The molecule has 2 N–H and O–H groups in total. The molecule has 0 radical (unpaired) electrons. The Hall–Kier alpha value is -1.31. The number of hydrogen-bond donors (Lipinski definition) is 1. The zero-order valence-electron chi connectivity index (χ0n) is 7.71. The molecule has 0 fully saturated rings. The molecule has 0 spiro atoms. The van der Waals surface area contributed by atoms with E-state index >= 15 is 0 Å². The van der Waals surface area contributed by atoms with Crippen LogP contribution in [0.4, 0.5) is 0 Å². The fourth-order valence-corrected chi connectivity index (χ4v) is 1.99. The van der Waals surface area contributed by atoms with Gasteiger partial charge in [-0.3, -0.25) is 4.79 Å². The molecule has 1 aliphatic rings. The minimum atomic E-state index is -0.331. The molecule has 1 aliphatic carbocycles. The molecule has 1 aromatic carbocycles. The number of nitrogens with two attached hydrogens (primary N) is 1. The Balaban J connectivity index is 2.40. The molecule has 0 aliphatic heterocycles. The zero-order valence-corrected chi connectivity index (χ0v) is 7.71. The Kier molecular flexibility index (Phi) is 1.83. The third kappa shape index (κ3) is 1.44. The topological polar surface area (TPSA) is 43.1 Å². The standard InChI is InChI=1S/C11H13NO/c1-7-4-8-2-3-9(11(12)13)6-10(8)5-7/h2-3,6-7H,4-5H2,1H3,(H2,12,13). The van der Waals surface area contributed by atoms with E-state index in [-0.39, 0.29) is 5.91 Å². The summed E-state index contributed by atoms with van der Waals surface area (Å²) in [4.78, 5) is 10.9. The minimum Gasteiger partial charge on any atom is -0.366 e. The number of carbonyl (C=O) groups is 1. The Bertz CT molecular complexity index is 357. The number of carbonyl (C=O) groups excluding carboxylic acids is 1. The maximum Gasteiger partial charge on any atom is 0.248 e. The molecule has 2 heteroatoms. The number of amides is 1. The van der Waals surface area contributed by atoms with Crippen LogP contribution in [0.25, 0.3) is 0 Å². The van der Waals surface area contributed by atoms with Gasteiger partial charge in [0.2, 0.25) is 5.91 Å². The average molecular weight is 175 g/mol. The third-order valence-electron chi connectivity index (χ3n) is 2.63. The summed E-state index contributed by atoms with van der Waals surface area (Å²) in [5.74, 6) is 0.375. The van der Waals surface area contributed by atoms with E-state index in [2.05, 4.69) is 6.92 Å². The molecular formula is C11H13NO. The molecule has 68 valence electrons. The molecular weight excluding hydrogens is 162 g/mol. The predicted molar refractivity (Wildman–Crippen MR) is 51.5 cm³/mol. The van der Waals surface area contributed by atoms with E-state index in [4.69, 9.17) is 5.73 Å². The van der Waals surface area contributed by atoms with E-state index in [0.29, 0.717) is 11.5 Å². The van der Waals surface area contributed by atoms with Crippen molar-refractivity contribution in [1.82, 2.24) is 0 Å². The van der Waals surface area contributed by atoms with Crippen LogP contribution >= 0.6 is 0 Å². The second-order valence-corrected chi connectivity index (χ2v) is 3.86. The van der Waals surface area contributed by atoms with E-state index in [0.717, 1.165) is 12.8 Å². The van der Waals surface area contributed by atoms with E-state index < -0.39 is 0 Å². The molecule has 0 aromatic heterocycles. The molecule has 2 nitrogen and oxygen atoms in total. The van der Waals surface area contributed by atoms with Crippen LogP contribution in [-0.4, -0.2) is 5.91 Å². The van der Waals surface area contributed by atoms with E-state index in [1.165, 1.54) is 11.1 Å². The van der Waals surface area contributed by atoms with Gasteiger partial charge in [-0.15, -0.1) is 0 Å². The van der Waals surface area contributed by atoms with Crippen molar-refractivity contribution in [2.24, 2.45) is 11.7 Å². The van der Waals surface area contributed by atoms with Crippen LogP contribution in [0, 0.1) is 5.92 Å². The quantitative estimate of drug-likeness (QED) is 0.691. The fraction of sp³-hybridized carbons (Fsp3) is 0.364. The van der Waals surface area contributed by atoms with E-state index in [9.17, 15) is 4.79 Å². The van der Waals surface area contributed by atoms with Gasteiger partial charge in [0.1, 0.15) is 0 Å². The van der Waals surface area contributed by atoms with E-state index in [1.807, 2.05) is 18.2 Å². The minimum absolute atomic E-state index is 0.331. The lowest BCUT2D eigenvalue weighted by Crippen LogP contribution is -2.11. The number of hydrogen-bond acceptors (Lipinski definition) is 1. The zero-order chi connectivity index (χ0) is 9.42. The summed E-state index contributed by atoms with van der Waals surface area (Å²) in [6.07, 6.45) is 2.21. The van der Waals surface area contributed by atoms with Gasteiger partial charge in [0.15, 0.2) is 0 Å². The Morgan fingerprint density at radius 3 is 2.77 bits per heavy atom. The number of rotatable bonds is 1. The number of fused-ring (bicyclic) bond motifs is 1. The molecule has 1 atom stereocenters.